The van der Waals surface area contributed by atoms with Crippen LogP contribution >= 0.6 is 0 Å². The molecule has 1 aromatic rings. The fourth-order valence-corrected chi connectivity index (χ4v) is 2.53. The topological polar surface area (TPSA) is 113 Å². The average molecular weight is 382 g/mol. The standard InChI is InChI=1S/C14H17F3N2O5S/c1-25(23,24)11-6-9(5-10(7-11)14(15,16)17)8-19-13(22)18-4-2-3-12(20)21/h5-7H,2-4,8H2,1H3,(H,20,21)(H2,18,19,22). The molecule has 25 heavy (non-hydrogen) atoms. The Hall–Kier alpha value is -2.30. The quantitative estimate of drug-likeness (QED) is 0.622. The molecule has 3 N–H and O–H groups in total. The van der Waals surface area contributed by atoms with Gasteiger partial charge in [-0.15, -0.1) is 0 Å². The summed E-state index contributed by atoms with van der Waals surface area (Å²) in [6, 6.07) is 1.63. The van der Waals surface area contributed by atoms with Crippen molar-refractivity contribution in [3.63, 3.8) is 0 Å². The molecule has 11 heteroatoms. The molecule has 140 valence electrons. The molecule has 0 aliphatic carbocycles. The van der Waals surface area contributed by atoms with Gasteiger partial charge in [0.1, 0.15) is 0 Å². The first-order chi connectivity index (χ1) is 11.4. The Morgan fingerprint density at radius 1 is 1.16 bits per heavy atom. The maximum Gasteiger partial charge on any atom is 0.416 e. The van der Waals surface area contributed by atoms with Crippen molar-refractivity contribution >= 4 is 21.8 Å². The molecule has 0 aliphatic rings. The van der Waals surface area contributed by atoms with Crippen molar-refractivity contribution < 1.29 is 36.3 Å². The van der Waals surface area contributed by atoms with Crippen LogP contribution in [0.5, 0.6) is 0 Å². The molecular formula is C14H17F3N2O5S. The fourth-order valence-electron chi connectivity index (χ4n) is 1.83. The lowest BCUT2D eigenvalue weighted by Gasteiger charge is -2.12. The van der Waals surface area contributed by atoms with Crippen molar-refractivity contribution in [1.82, 2.24) is 10.6 Å². The number of carboxylic acid groups (broad SMARTS) is 1. The molecule has 0 aromatic heterocycles. The highest BCUT2D eigenvalue weighted by molar-refractivity contribution is 7.90. The molecule has 7 nitrogen and oxygen atoms in total. The second kappa shape index (κ2) is 8.19. The van der Waals surface area contributed by atoms with Gasteiger partial charge >= 0.3 is 18.2 Å². The van der Waals surface area contributed by atoms with Gasteiger partial charge in [0.2, 0.25) is 0 Å². The number of alkyl halides is 3. The van der Waals surface area contributed by atoms with E-state index >= 15 is 0 Å². The van der Waals surface area contributed by atoms with Crippen molar-refractivity contribution in [2.24, 2.45) is 0 Å². The maximum atomic E-state index is 12.9. The minimum atomic E-state index is -4.73. The van der Waals surface area contributed by atoms with E-state index in [1.165, 1.54) is 0 Å². The monoisotopic (exact) mass is 382 g/mol. The molecular weight excluding hydrogens is 365 g/mol. The lowest BCUT2D eigenvalue weighted by Crippen LogP contribution is -2.35. The normalized spacial score (nSPS) is 11.8. The summed E-state index contributed by atoms with van der Waals surface area (Å²) in [5.41, 5.74) is -1.16. The number of hydrogen-bond donors (Lipinski definition) is 3. The number of benzene rings is 1. The van der Waals surface area contributed by atoms with E-state index in [2.05, 4.69) is 10.6 Å². The van der Waals surface area contributed by atoms with Gasteiger partial charge in [0.15, 0.2) is 9.84 Å². The van der Waals surface area contributed by atoms with Crippen LogP contribution in [0.1, 0.15) is 24.0 Å². The Morgan fingerprint density at radius 3 is 2.32 bits per heavy atom. The van der Waals surface area contributed by atoms with E-state index in [-0.39, 0.29) is 31.5 Å². The van der Waals surface area contributed by atoms with Gasteiger partial charge < -0.3 is 15.7 Å². The van der Waals surface area contributed by atoms with E-state index in [0.29, 0.717) is 6.07 Å². The molecule has 0 saturated heterocycles. The molecule has 0 radical (unpaired) electrons. The van der Waals surface area contributed by atoms with Crippen LogP contribution in [0.2, 0.25) is 0 Å². The van der Waals surface area contributed by atoms with Gasteiger partial charge in [0.25, 0.3) is 0 Å². The summed E-state index contributed by atoms with van der Waals surface area (Å²) in [5.74, 6) is -1.01. The van der Waals surface area contributed by atoms with Crippen molar-refractivity contribution in [1.29, 1.82) is 0 Å². The van der Waals surface area contributed by atoms with Crippen LogP contribution in [0.15, 0.2) is 23.1 Å². The highest BCUT2D eigenvalue weighted by Crippen LogP contribution is 2.31. The van der Waals surface area contributed by atoms with Crippen molar-refractivity contribution in [3.8, 4) is 0 Å². The van der Waals surface area contributed by atoms with Crippen LogP contribution in [0.3, 0.4) is 0 Å². The summed E-state index contributed by atoms with van der Waals surface area (Å²) >= 11 is 0. The molecule has 0 aliphatic heterocycles. The molecule has 0 atom stereocenters. The fraction of sp³-hybridized carbons (Fsp3) is 0.429. The Kier molecular flexibility index (Phi) is 6.79. The predicted octanol–water partition coefficient (Wildman–Crippen LogP) is 1.77. The molecule has 0 fully saturated rings. The van der Waals surface area contributed by atoms with Crippen LogP contribution < -0.4 is 10.6 Å². The molecule has 0 spiro atoms. The average Bonchev–Trinajstić information content (AvgIpc) is 2.47. The van der Waals surface area contributed by atoms with Crippen LogP contribution in [-0.4, -0.2) is 38.3 Å². The predicted molar refractivity (Wildman–Crippen MR) is 81.7 cm³/mol. The van der Waals surface area contributed by atoms with E-state index < -0.39 is 38.5 Å². The maximum absolute atomic E-state index is 12.9. The first-order valence-electron chi connectivity index (χ1n) is 7.04. The van der Waals surface area contributed by atoms with E-state index in [1.54, 1.807) is 0 Å². The largest absolute Gasteiger partial charge is 0.481 e. The molecule has 0 saturated carbocycles. The summed E-state index contributed by atoms with van der Waals surface area (Å²) in [5, 5.41) is 13.1. The van der Waals surface area contributed by atoms with Crippen molar-refractivity contribution in [2.75, 3.05) is 12.8 Å². The first-order valence-corrected chi connectivity index (χ1v) is 8.93. The van der Waals surface area contributed by atoms with Crippen molar-refractivity contribution in [3.05, 3.63) is 29.3 Å². The van der Waals surface area contributed by atoms with E-state index in [1.807, 2.05) is 0 Å². The minimum Gasteiger partial charge on any atom is -0.481 e. The zero-order valence-electron chi connectivity index (χ0n) is 13.2. The Balaban J connectivity index is 2.78. The SMILES string of the molecule is CS(=O)(=O)c1cc(CNC(=O)NCCCC(=O)O)cc(C(F)(F)F)c1. The van der Waals surface area contributed by atoms with Gasteiger partial charge in [0.05, 0.1) is 10.5 Å². The van der Waals surface area contributed by atoms with Gasteiger partial charge in [-0.1, -0.05) is 0 Å². The third-order valence-electron chi connectivity index (χ3n) is 3.03. The second-order valence-corrected chi connectivity index (χ2v) is 7.26. The minimum absolute atomic E-state index is 0.0315. The van der Waals surface area contributed by atoms with E-state index in [0.717, 1.165) is 18.4 Å². The van der Waals surface area contributed by atoms with Gasteiger partial charge in [-0.2, -0.15) is 13.2 Å². The first kappa shape index (κ1) is 20.7. The number of urea groups is 1. The van der Waals surface area contributed by atoms with Crippen LogP contribution in [0.25, 0.3) is 0 Å². The number of rotatable bonds is 7. The van der Waals surface area contributed by atoms with Crippen LogP contribution in [0, 0.1) is 0 Å². The van der Waals surface area contributed by atoms with Crippen LogP contribution in [0.4, 0.5) is 18.0 Å². The van der Waals surface area contributed by atoms with Gasteiger partial charge in [-0.25, -0.2) is 13.2 Å². The highest BCUT2D eigenvalue weighted by atomic mass is 32.2. The number of nitrogens with one attached hydrogen (secondary N) is 2. The molecule has 2 amide bonds. The number of amides is 2. The van der Waals surface area contributed by atoms with Gasteiger partial charge in [-0.3, -0.25) is 4.79 Å². The number of halogens is 3. The Bertz CT molecular complexity index is 747. The summed E-state index contributed by atoms with van der Waals surface area (Å²) in [7, 11) is -3.86. The molecule has 0 unspecified atom stereocenters. The molecule has 1 aromatic carbocycles. The number of sulfone groups is 1. The van der Waals surface area contributed by atoms with Crippen LogP contribution in [-0.2, 0) is 27.4 Å². The summed E-state index contributed by atoms with van der Waals surface area (Å²) in [6.45, 7) is -0.244. The number of aliphatic carboxylic acids is 1. The number of hydrogen-bond acceptors (Lipinski definition) is 4. The third kappa shape index (κ3) is 7.42. The van der Waals surface area contributed by atoms with E-state index in [4.69, 9.17) is 5.11 Å². The smallest absolute Gasteiger partial charge is 0.416 e. The summed E-state index contributed by atoms with van der Waals surface area (Å²) in [4.78, 5) is 21.3. The van der Waals surface area contributed by atoms with E-state index in [9.17, 15) is 31.2 Å². The number of carbonyl (C=O) groups excluding carboxylic acids is 1. The Labute approximate surface area is 142 Å². The third-order valence-corrected chi connectivity index (χ3v) is 4.12. The lowest BCUT2D eigenvalue weighted by molar-refractivity contribution is -0.138. The van der Waals surface area contributed by atoms with Crippen molar-refractivity contribution in [2.45, 2.75) is 30.5 Å². The Morgan fingerprint density at radius 2 is 1.80 bits per heavy atom. The summed E-state index contributed by atoms with van der Waals surface area (Å²) < 4.78 is 61.6. The molecule has 1 rings (SSSR count). The second-order valence-electron chi connectivity index (χ2n) is 5.24. The highest BCUT2D eigenvalue weighted by Gasteiger charge is 2.32. The number of carboxylic acids is 1. The van der Waals surface area contributed by atoms with Gasteiger partial charge in [0, 0.05) is 25.8 Å². The van der Waals surface area contributed by atoms with Gasteiger partial charge in [-0.05, 0) is 30.2 Å². The number of carbonyl (C=O) groups is 2. The summed E-state index contributed by atoms with van der Waals surface area (Å²) in [6.07, 6.45) is -3.88. The zero-order valence-corrected chi connectivity index (χ0v) is 14.0. The lowest BCUT2D eigenvalue weighted by atomic mass is 10.1. The zero-order chi connectivity index (χ0) is 19.3. The molecule has 0 heterocycles. The molecule has 0 bridgehead atoms.